The molecule has 6 heteroatoms. The van der Waals surface area contributed by atoms with Crippen molar-refractivity contribution < 1.29 is 19.4 Å². The quantitative estimate of drug-likeness (QED) is 0.605. The first-order chi connectivity index (χ1) is 9.12. The summed E-state index contributed by atoms with van der Waals surface area (Å²) in [7, 11) is 0. The van der Waals surface area contributed by atoms with E-state index in [1.165, 1.54) is 12.8 Å². The van der Waals surface area contributed by atoms with Gasteiger partial charge in [-0.15, -0.1) is 0 Å². The van der Waals surface area contributed by atoms with Crippen LogP contribution in [0.3, 0.4) is 0 Å². The molecule has 19 heavy (non-hydrogen) atoms. The number of amides is 2. The Bertz CT molecular complexity index is 336. The molecule has 2 fully saturated rings. The van der Waals surface area contributed by atoms with Gasteiger partial charge >= 0.3 is 12.0 Å². The van der Waals surface area contributed by atoms with E-state index in [0.29, 0.717) is 31.9 Å². The van der Waals surface area contributed by atoms with Gasteiger partial charge in [0.2, 0.25) is 0 Å². The molecular weight excluding hydrogens is 248 g/mol. The summed E-state index contributed by atoms with van der Waals surface area (Å²) < 4.78 is 5.39. The number of hydrogen-bond acceptors (Lipinski definition) is 3. The SMILES string of the molecule is O=C(NCCOCC1CC1)NC1(C(=O)O)CCCC1. The van der Waals surface area contributed by atoms with Gasteiger partial charge in [-0.2, -0.15) is 0 Å². The van der Waals surface area contributed by atoms with Crippen LogP contribution in [0.25, 0.3) is 0 Å². The van der Waals surface area contributed by atoms with Crippen LogP contribution in [0.15, 0.2) is 0 Å². The van der Waals surface area contributed by atoms with Crippen molar-refractivity contribution in [1.29, 1.82) is 0 Å². The van der Waals surface area contributed by atoms with Crippen molar-refractivity contribution in [3.05, 3.63) is 0 Å². The fraction of sp³-hybridized carbons (Fsp3) is 0.846. The van der Waals surface area contributed by atoms with Crippen LogP contribution in [0.1, 0.15) is 38.5 Å². The van der Waals surface area contributed by atoms with Gasteiger partial charge in [0.1, 0.15) is 5.54 Å². The summed E-state index contributed by atoms with van der Waals surface area (Å²) in [5, 5.41) is 14.5. The number of carbonyl (C=O) groups is 2. The molecule has 0 unspecified atom stereocenters. The van der Waals surface area contributed by atoms with Crippen molar-refractivity contribution in [2.45, 2.75) is 44.1 Å². The number of nitrogens with one attached hydrogen (secondary N) is 2. The lowest BCUT2D eigenvalue weighted by Gasteiger charge is -2.25. The molecule has 0 spiro atoms. The minimum Gasteiger partial charge on any atom is -0.480 e. The van der Waals surface area contributed by atoms with E-state index >= 15 is 0 Å². The van der Waals surface area contributed by atoms with E-state index in [-0.39, 0.29) is 0 Å². The highest BCUT2D eigenvalue weighted by Crippen LogP contribution is 2.30. The third kappa shape index (κ3) is 4.09. The fourth-order valence-electron chi connectivity index (χ4n) is 2.40. The molecule has 108 valence electrons. The number of carboxylic acid groups (broad SMARTS) is 1. The molecule has 0 bridgehead atoms. The predicted octanol–water partition coefficient (Wildman–Crippen LogP) is 1.11. The Labute approximate surface area is 112 Å². The van der Waals surface area contributed by atoms with Crippen LogP contribution in [-0.4, -0.2) is 42.4 Å². The van der Waals surface area contributed by atoms with E-state index in [4.69, 9.17) is 4.74 Å². The van der Waals surface area contributed by atoms with Gasteiger partial charge in [-0.1, -0.05) is 12.8 Å². The largest absolute Gasteiger partial charge is 0.480 e. The van der Waals surface area contributed by atoms with Crippen molar-refractivity contribution in [3.63, 3.8) is 0 Å². The molecule has 6 nitrogen and oxygen atoms in total. The molecule has 2 amide bonds. The summed E-state index contributed by atoms with van der Waals surface area (Å²) in [6.07, 6.45) is 5.19. The normalized spacial score (nSPS) is 21.1. The van der Waals surface area contributed by atoms with Gasteiger partial charge < -0.3 is 20.5 Å². The average molecular weight is 270 g/mol. The standard InChI is InChI=1S/C13H22N2O4/c16-11(17)13(5-1-2-6-13)15-12(18)14-7-8-19-9-10-3-4-10/h10H,1-9H2,(H,16,17)(H2,14,15,18). The van der Waals surface area contributed by atoms with Crippen molar-refractivity contribution >= 4 is 12.0 Å². The molecule has 0 aromatic carbocycles. The maximum atomic E-state index is 11.7. The number of carboxylic acids is 1. The summed E-state index contributed by atoms with van der Waals surface area (Å²) in [4.78, 5) is 22.9. The maximum Gasteiger partial charge on any atom is 0.329 e. The van der Waals surface area contributed by atoms with Crippen LogP contribution in [0.4, 0.5) is 4.79 Å². The van der Waals surface area contributed by atoms with E-state index < -0.39 is 17.5 Å². The summed E-state index contributed by atoms with van der Waals surface area (Å²) in [5.41, 5.74) is -1.07. The molecule has 0 radical (unpaired) electrons. The van der Waals surface area contributed by atoms with Crippen molar-refractivity contribution in [3.8, 4) is 0 Å². The van der Waals surface area contributed by atoms with Gasteiger partial charge in [0.05, 0.1) is 6.61 Å². The Kier molecular flexibility index (Phi) is 4.63. The van der Waals surface area contributed by atoms with Crippen molar-refractivity contribution in [2.75, 3.05) is 19.8 Å². The highest BCUT2D eigenvalue weighted by Gasteiger charge is 2.42. The number of aliphatic carboxylic acids is 1. The molecule has 3 N–H and O–H groups in total. The van der Waals surface area contributed by atoms with E-state index in [1.54, 1.807) is 0 Å². The molecule has 0 saturated heterocycles. The molecule has 2 saturated carbocycles. The van der Waals surface area contributed by atoms with Crippen LogP contribution >= 0.6 is 0 Å². The Balaban J connectivity index is 1.63. The molecule has 0 aromatic heterocycles. The number of rotatable bonds is 7. The van der Waals surface area contributed by atoms with Gasteiger partial charge in [-0.05, 0) is 31.6 Å². The zero-order chi connectivity index (χ0) is 13.7. The van der Waals surface area contributed by atoms with Crippen LogP contribution in [-0.2, 0) is 9.53 Å². The maximum absolute atomic E-state index is 11.7. The Morgan fingerprint density at radius 1 is 1.26 bits per heavy atom. The minimum absolute atomic E-state index is 0.411. The number of urea groups is 1. The van der Waals surface area contributed by atoms with Crippen LogP contribution in [0.2, 0.25) is 0 Å². The van der Waals surface area contributed by atoms with Crippen LogP contribution in [0, 0.1) is 5.92 Å². The molecular formula is C13H22N2O4. The summed E-state index contributed by atoms with van der Waals surface area (Å²) in [6, 6.07) is -0.417. The molecule has 0 atom stereocenters. The van der Waals surface area contributed by atoms with Crippen LogP contribution in [0.5, 0.6) is 0 Å². The fourth-order valence-corrected chi connectivity index (χ4v) is 2.40. The summed E-state index contributed by atoms with van der Waals surface area (Å²) in [6.45, 7) is 1.65. The van der Waals surface area contributed by atoms with Crippen molar-refractivity contribution in [2.24, 2.45) is 5.92 Å². The second kappa shape index (κ2) is 6.23. The molecule has 2 aliphatic carbocycles. The lowest BCUT2D eigenvalue weighted by atomic mass is 9.98. The summed E-state index contributed by atoms with van der Waals surface area (Å²) in [5.74, 6) is -0.229. The molecule has 0 aromatic rings. The average Bonchev–Trinajstić information content (AvgIpc) is 3.06. The van der Waals surface area contributed by atoms with E-state index in [2.05, 4.69) is 10.6 Å². The number of hydrogen-bond donors (Lipinski definition) is 3. The van der Waals surface area contributed by atoms with E-state index in [0.717, 1.165) is 19.4 Å². The smallest absolute Gasteiger partial charge is 0.329 e. The highest BCUT2D eigenvalue weighted by molar-refractivity contribution is 5.86. The molecule has 2 rings (SSSR count). The number of ether oxygens (including phenoxy) is 1. The van der Waals surface area contributed by atoms with Crippen molar-refractivity contribution in [1.82, 2.24) is 10.6 Å². The molecule has 2 aliphatic rings. The Morgan fingerprint density at radius 2 is 1.95 bits per heavy atom. The summed E-state index contributed by atoms with van der Waals surface area (Å²) >= 11 is 0. The zero-order valence-corrected chi connectivity index (χ0v) is 11.1. The monoisotopic (exact) mass is 270 g/mol. The molecule has 0 aliphatic heterocycles. The van der Waals surface area contributed by atoms with Gasteiger partial charge in [0, 0.05) is 13.2 Å². The van der Waals surface area contributed by atoms with E-state index in [9.17, 15) is 14.7 Å². The van der Waals surface area contributed by atoms with Gasteiger partial charge in [-0.3, -0.25) is 0 Å². The van der Waals surface area contributed by atoms with E-state index in [1.807, 2.05) is 0 Å². The topological polar surface area (TPSA) is 87.7 Å². The Hall–Kier alpha value is -1.30. The second-order valence-electron chi connectivity index (χ2n) is 5.49. The van der Waals surface area contributed by atoms with Gasteiger partial charge in [0.15, 0.2) is 0 Å². The van der Waals surface area contributed by atoms with Gasteiger partial charge in [-0.25, -0.2) is 9.59 Å². The molecule has 0 heterocycles. The first-order valence-corrected chi connectivity index (χ1v) is 6.99. The number of carbonyl (C=O) groups excluding carboxylic acids is 1. The zero-order valence-electron chi connectivity index (χ0n) is 11.1. The van der Waals surface area contributed by atoms with Crippen LogP contribution < -0.4 is 10.6 Å². The second-order valence-corrected chi connectivity index (χ2v) is 5.49. The third-order valence-corrected chi connectivity index (χ3v) is 3.80. The predicted molar refractivity (Wildman–Crippen MR) is 68.9 cm³/mol. The Morgan fingerprint density at radius 3 is 2.53 bits per heavy atom. The highest BCUT2D eigenvalue weighted by atomic mass is 16.5. The minimum atomic E-state index is -1.07. The first kappa shape index (κ1) is 14.1. The first-order valence-electron chi connectivity index (χ1n) is 6.99. The lowest BCUT2D eigenvalue weighted by molar-refractivity contribution is -0.144. The third-order valence-electron chi connectivity index (χ3n) is 3.80. The lowest BCUT2D eigenvalue weighted by Crippen LogP contribution is -2.55. The van der Waals surface area contributed by atoms with Gasteiger partial charge in [0.25, 0.3) is 0 Å².